The summed E-state index contributed by atoms with van der Waals surface area (Å²) in [6.45, 7) is 0. The number of ether oxygens (including phenoxy) is 1. The lowest BCUT2D eigenvalue weighted by Gasteiger charge is -2.16. The number of benzene rings is 3. The molecule has 0 radical (unpaired) electrons. The van der Waals surface area contributed by atoms with Crippen molar-refractivity contribution in [3.63, 3.8) is 0 Å². The molecule has 3 aromatic carbocycles. The zero-order valence-corrected chi connectivity index (χ0v) is 15.6. The molecule has 1 fully saturated rings. The van der Waals surface area contributed by atoms with Gasteiger partial charge >= 0.3 is 0 Å². The first-order chi connectivity index (χ1) is 13.6. The van der Waals surface area contributed by atoms with E-state index in [1.165, 1.54) is 4.90 Å². The first-order valence-corrected chi connectivity index (χ1v) is 9.20. The van der Waals surface area contributed by atoms with Gasteiger partial charge in [-0.3, -0.25) is 9.59 Å². The summed E-state index contributed by atoms with van der Waals surface area (Å²) in [7, 11) is 0. The van der Waals surface area contributed by atoms with Crippen LogP contribution in [0.25, 0.3) is 0 Å². The molecule has 5 nitrogen and oxygen atoms in total. The molecule has 0 bridgehead atoms. The standard InChI is InChI=1S/C22H17ClN2O3/c23-15-6-10-17(11-7-15)25-21(26)14-20(22(25)27)24-16-8-12-19(13-9-16)28-18-4-2-1-3-5-18/h1-13,20,24H,14H2/t20-/m0/s1. The predicted molar refractivity (Wildman–Crippen MR) is 109 cm³/mol. The second-order valence-electron chi connectivity index (χ2n) is 6.38. The first-order valence-electron chi connectivity index (χ1n) is 8.82. The molecule has 0 saturated carbocycles. The lowest BCUT2D eigenvalue weighted by molar-refractivity contribution is -0.121. The normalized spacial score (nSPS) is 16.3. The fourth-order valence-electron chi connectivity index (χ4n) is 3.05. The Morgan fingerprint density at radius 2 is 1.50 bits per heavy atom. The highest BCUT2D eigenvalue weighted by molar-refractivity contribution is 6.30. The number of carbonyl (C=O) groups excluding carboxylic acids is 2. The highest BCUT2D eigenvalue weighted by Crippen LogP contribution is 2.27. The van der Waals surface area contributed by atoms with Crippen LogP contribution in [0.1, 0.15) is 6.42 Å². The van der Waals surface area contributed by atoms with E-state index < -0.39 is 6.04 Å². The maximum Gasteiger partial charge on any atom is 0.256 e. The topological polar surface area (TPSA) is 58.6 Å². The number of amides is 2. The Hall–Kier alpha value is -3.31. The summed E-state index contributed by atoms with van der Waals surface area (Å²) < 4.78 is 5.76. The van der Waals surface area contributed by atoms with Crippen LogP contribution in [0, 0.1) is 0 Å². The molecule has 2 amide bonds. The van der Waals surface area contributed by atoms with Crippen molar-refractivity contribution < 1.29 is 14.3 Å². The van der Waals surface area contributed by atoms with Crippen molar-refractivity contribution in [1.29, 1.82) is 0 Å². The van der Waals surface area contributed by atoms with Crippen LogP contribution in [0.3, 0.4) is 0 Å². The van der Waals surface area contributed by atoms with E-state index in [0.717, 1.165) is 11.4 Å². The SMILES string of the molecule is O=C1C[C@H](Nc2ccc(Oc3ccccc3)cc2)C(=O)N1c1ccc(Cl)cc1. The summed E-state index contributed by atoms with van der Waals surface area (Å²) in [5.41, 5.74) is 1.26. The van der Waals surface area contributed by atoms with Crippen molar-refractivity contribution in [2.24, 2.45) is 0 Å². The maximum atomic E-state index is 12.7. The Morgan fingerprint density at radius 3 is 2.18 bits per heavy atom. The third-order valence-electron chi connectivity index (χ3n) is 4.41. The van der Waals surface area contributed by atoms with Gasteiger partial charge in [0.05, 0.1) is 12.1 Å². The van der Waals surface area contributed by atoms with E-state index in [-0.39, 0.29) is 18.2 Å². The van der Waals surface area contributed by atoms with Crippen molar-refractivity contribution in [2.45, 2.75) is 12.5 Å². The van der Waals surface area contributed by atoms with Crippen LogP contribution in [0.4, 0.5) is 11.4 Å². The number of carbonyl (C=O) groups is 2. The van der Waals surface area contributed by atoms with Gasteiger partial charge < -0.3 is 10.1 Å². The molecule has 4 rings (SSSR count). The molecule has 0 aliphatic carbocycles. The van der Waals surface area contributed by atoms with Crippen LogP contribution in [0.15, 0.2) is 78.9 Å². The van der Waals surface area contributed by atoms with Crippen molar-refractivity contribution in [3.8, 4) is 11.5 Å². The summed E-state index contributed by atoms with van der Waals surface area (Å²) >= 11 is 5.88. The van der Waals surface area contributed by atoms with E-state index in [1.54, 1.807) is 24.3 Å². The minimum atomic E-state index is -0.607. The second-order valence-corrected chi connectivity index (χ2v) is 6.82. The van der Waals surface area contributed by atoms with E-state index in [0.29, 0.717) is 16.5 Å². The number of rotatable bonds is 5. The molecule has 6 heteroatoms. The first kappa shape index (κ1) is 18.1. The molecule has 1 N–H and O–H groups in total. The molecule has 0 unspecified atom stereocenters. The average molecular weight is 393 g/mol. The zero-order valence-electron chi connectivity index (χ0n) is 14.8. The van der Waals surface area contributed by atoms with E-state index in [9.17, 15) is 9.59 Å². The highest BCUT2D eigenvalue weighted by Gasteiger charge is 2.39. The summed E-state index contributed by atoms with van der Waals surface area (Å²) in [6, 6.07) is 22.8. The molecule has 0 aromatic heterocycles. The molecule has 3 aromatic rings. The van der Waals surface area contributed by atoms with Gasteiger partial charge in [-0.05, 0) is 60.7 Å². The van der Waals surface area contributed by atoms with Gasteiger partial charge in [0.1, 0.15) is 17.5 Å². The quantitative estimate of drug-likeness (QED) is 0.629. The van der Waals surface area contributed by atoms with Gasteiger partial charge in [0.15, 0.2) is 0 Å². The number of halogens is 1. The fraction of sp³-hybridized carbons (Fsp3) is 0.0909. The van der Waals surface area contributed by atoms with Gasteiger partial charge in [-0.15, -0.1) is 0 Å². The molecule has 0 spiro atoms. The summed E-state index contributed by atoms with van der Waals surface area (Å²) in [4.78, 5) is 26.2. The van der Waals surface area contributed by atoms with E-state index in [4.69, 9.17) is 16.3 Å². The summed E-state index contributed by atoms with van der Waals surface area (Å²) in [6.07, 6.45) is 0.101. The monoisotopic (exact) mass is 392 g/mol. The number of imide groups is 1. The Balaban J connectivity index is 1.43. The van der Waals surface area contributed by atoms with Gasteiger partial charge in [-0.1, -0.05) is 29.8 Å². The molecule has 1 heterocycles. The van der Waals surface area contributed by atoms with E-state index in [1.807, 2.05) is 54.6 Å². The minimum Gasteiger partial charge on any atom is -0.457 e. The molecular weight excluding hydrogens is 376 g/mol. The van der Waals surface area contributed by atoms with Crippen molar-refractivity contribution in [1.82, 2.24) is 0 Å². The Bertz CT molecular complexity index is 989. The largest absolute Gasteiger partial charge is 0.457 e. The smallest absolute Gasteiger partial charge is 0.256 e. The molecule has 140 valence electrons. The highest BCUT2D eigenvalue weighted by atomic mass is 35.5. The average Bonchev–Trinajstić information content (AvgIpc) is 2.98. The van der Waals surface area contributed by atoms with Crippen molar-refractivity contribution in [2.75, 3.05) is 10.2 Å². The van der Waals surface area contributed by atoms with Crippen LogP contribution in [-0.2, 0) is 9.59 Å². The summed E-state index contributed by atoms with van der Waals surface area (Å²) in [5.74, 6) is 0.914. The summed E-state index contributed by atoms with van der Waals surface area (Å²) in [5, 5.41) is 3.68. The number of nitrogens with zero attached hydrogens (tertiary/aromatic N) is 1. The maximum absolute atomic E-state index is 12.7. The number of nitrogens with one attached hydrogen (secondary N) is 1. The van der Waals surface area contributed by atoms with Gasteiger partial charge in [0.25, 0.3) is 5.91 Å². The van der Waals surface area contributed by atoms with E-state index >= 15 is 0 Å². The second kappa shape index (κ2) is 7.74. The van der Waals surface area contributed by atoms with Gasteiger partial charge in [0, 0.05) is 10.7 Å². The third-order valence-corrected chi connectivity index (χ3v) is 4.66. The lowest BCUT2D eigenvalue weighted by Crippen LogP contribution is -2.34. The van der Waals surface area contributed by atoms with Crippen LogP contribution < -0.4 is 15.0 Å². The molecule has 1 aliphatic rings. The van der Waals surface area contributed by atoms with Gasteiger partial charge in [-0.2, -0.15) is 0 Å². The van der Waals surface area contributed by atoms with Gasteiger partial charge in [-0.25, -0.2) is 4.90 Å². The Morgan fingerprint density at radius 1 is 0.857 bits per heavy atom. The van der Waals surface area contributed by atoms with Crippen LogP contribution in [-0.4, -0.2) is 17.9 Å². The number of hydrogen-bond acceptors (Lipinski definition) is 4. The number of hydrogen-bond donors (Lipinski definition) is 1. The Kier molecular flexibility index (Phi) is 5.00. The van der Waals surface area contributed by atoms with Gasteiger partial charge in [0.2, 0.25) is 5.91 Å². The zero-order chi connectivity index (χ0) is 19.5. The van der Waals surface area contributed by atoms with Crippen molar-refractivity contribution in [3.05, 3.63) is 83.9 Å². The molecular formula is C22H17ClN2O3. The van der Waals surface area contributed by atoms with Crippen LogP contribution in [0.2, 0.25) is 5.02 Å². The lowest BCUT2D eigenvalue weighted by atomic mass is 10.2. The van der Waals surface area contributed by atoms with Crippen molar-refractivity contribution >= 4 is 34.8 Å². The Labute approximate surface area is 167 Å². The third kappa shape index (κ3) is 3.85. The molecule has 1 saturated heterocycles. The fourth-order valence-corrected chi connectivity index (χ4v) is 3.18. The van der Waals surface area contributed by atoms with Crippen LogP contribution in [0.5, 0.6) is 11.5 Å². The minimum absolute atomic E-state index is 0.101. The predicted octanol–water partition coefficient (Wildman–Crippen LogP) is 4.88. The van der Waals surface area contributed by atoms with Crippen LogP contribution >= 0.6 is 11.6 Å². The number of para-hydroxylation sites is 1. The molecule has 1 aliphatic heterocycles. The number of anilines is 2. The molecule has 1 atom stereocenters. The van der Waals surface area contributed by atoms with E-state index in [2.05, 4.69) is 5.32 Å². The molecule has 28 heavy (non-hydrogen) atoms.